The second-order valence-corrected chi connectivity index (χ2v) is 3.89. The van der Waals surface area contributed by atoms with E-state index in [-0.39, 0.29) is 0 Å². The van der Waals surface area contributed by atoms with E-state index in [1.165, 1.54) is 0 Å². The average Bonchev–Trinajstić information content (AvgIpc) is 2.37. The van der Waals surface area contributed by atoms with Crippen LogP contribution in [-0.2, 0) is 4.74 Å². The van der Waals surface area contributed by atoms with Crippen LogP contribution in [0.15, 0.2) is 24.3 Å². The Morgan fingerprint density at radius 2 is 1.88 bits per heavy atom. The molecule has 0 N–H and O–H groups in total. The van der Waals surface area contributed by atoms with E-state index < -0.39 is 0 Å². The maximum atomic E-state index is 5.96. The lowest BCUT2D eigenvalue weighted by Gasteiger charge is -2.07. The molecule has 0 saturated heterocycles. The molecule has 0 aliphatic heterocycles. The van der Waals surface area contributed by atoms with E-state index in [1.54, 1.807) is 7.11 Å². The van der Waals surface area contributed by atoms with Gasteiger partial charge < -0.3 is 9.47 Å². The van der Waals surface area contributed by atoms with Crippen molar-refractivity contribution in [3.05, 3.63) is 29.4 Å². The topological polar surface area (TPSA) is 44.2 Å². The van der Waals surface area contributed by atoms with Crippen LogP contribution in [0.2, 0.25) is 5.15 Å². The van der Waals surface area contributed by atoms with Gasteiger partial charge in [-0.1, -0.05) is 29.8 Å². The molecule has 17 heavy (non-hydrogen) atoms. The zero-order chi connectivity index (χ0) is 12.1. The number of ether oxygens (including phenoxy) is 2. The van der Waals surface area contributed by atoms with Crippen molar-refractivity contribution in [2.24, 2.45) is 0 Å². The molecule has 1 heterocycles. The average molecular weight is 253 g/mol. The number of halogens is 1. The van der Waals surface area contributed by atoms with E-state index in [0.717, 1.165) is 17.2 Å². The van der Waals surface area contributed by atoms with Crippen LogP contribution < -0.4 is 4.74 Å². The van der Waals surface area contributed by atoms with Gasteiger partial charge in [0.1, 0.15) is 0 Å². The molecule has 0 atom stereocenters. The predicted molar refractivity (Wildman–Crippen MR) is 66.5 cm³/mol. The normalized spacial score (nSPS) is 10.7. The molecule has 0 spiro atoms. The molecular formula is C12H13ClN2O2. The predicted octanol–water partition coefficient (Wildman–Crippen LogP) is 2.70. The van der Waals surface area contributed by atoms with Crippen molar-refractivity contribution < 1.29 is 9.47 Å². The third-order valence-electron chi connectivity index (χ3n) is 2.34. The van der Waals surface area contributed by atoms with Gasteiger partial charge in [-0.15, -0.1) is 10.2 Å². The molecule has 0 unspecified atom stereocenters. The Balaban J connectivity index is 2.20. The van der Waals surface area contributed by atoms with Gasteiger partial charge in [-0.25, -0.2) is 0 Å². The molecule has 2 rings (SSSR count). The summed E-state index contributed by atoms with van der Waals surface area (Å²) >= 11 is 5.96. The maximum absolute atomic E-state index is 5.96. The van der Waals surface area contributed by atoms with Crippen LogP contribution in [0.1, 0.15) is 6.42 Å². The van der Waals surface area contributed by atoms with E-state index in [0.29, 0.717) is 24.2 Å². The number of hydrogen-bond donors (Lipinski definition) is 0. The van der Waals surface area contributed by atoms with Crippen molar-refractivity contribution in [3.8, 4) is 5.88 Å². The molecule has 0 bridgehead atoms. The van der Waals surface area contributed by atoms with Crippen molar-refractivity contribution in [1.82, 2.24) is 10.2 Å². The summed E-state index contributed by atoms with van der Waals surface area (Å²) in [5.74, 6) is 0.515. The molecule has 5 heteroatoms. The van der Waals surface area contributed by atoms with Gasteiger partial charge in [-0.2, -0.15) is 0 Å². The first-order chi connectivity index (χ1) is 8.33. The highest BCUT2D eigenvalue weighted by Gasteiger charge is 2.07. The summed E-state index contributed by atoms with van der Waals surface area (Å²) in [5.41, 5.74) is 0. The molecule has 0 radical (unpaired) electrons. The molecule has 1 aromatic heterocycles. The van der Waals surface area contributed by atoms with Crippen molar-refractivity contribution in [3.63, 3.8) is 0 Å². The Morgan fingerprint density at radius 1 is 1.12 bits per heavy atom. The standard InChI is InChI=1S/C12H13ClN2O2/c1-16-7-4-8-17-12-10-6-3-2-5-9(10)11(13)14-15-12/h2-3,5-6H,4,7-8H2,1H3. The van der Waals surface area contributed by atoms with Crippen molar-refractivity contribution >= 4 is 22.4 Å². The van der Waals surface area contributed by atoms with Crippen LogP contribution in [0, 0.1) is 0 Å². The van der Waals surface area contributed by atoms with E-state index >= 15 is 0 Å². The quantitative estimate of drug-likeness (QED) is 0.768. The molecule has 90 valence electrons. The highest BCUT2D eigenvalue weighted by Crippen LogP contribution is 2.26. The maximum Gasteiger partial charge on any atom is 0.241 e. The number of fused-ring (bicyclic) bond motifs is 1. The van der Waals surface area contributed by atoms with Gasteiger partial charge in [0.2, 0.25) is 5.88 Å². The first-order valence-corrected chi connectivity index (χ1v) is 5.73. The molecule has 2 aromatic rings. The Morgan fingerprint density at radius 3 is 2.65 bits per heavy atom. The lowest BCUT2D eigenvalue weighted by atomic mass is 10.2. The van der Waals surface area contributed by atoms with Gasteiger partial charge in [-0.3, -0.25) is 0 Å². The summed E-state index contributed by atoms with van der Waals surface area (Å²) in [4.78, 5) is 0. The number of hydrogen-bond acceptors (Lipinski definition) is 4. The van der Waals surface area contributed by atoms with Gasteiger partial charge in [-0.05, 0) is 6.07 Å². The number of nitrogens with zero attached hydrogens (tertiary/aromatic N) is 2. The molecule has 0 aliphatic carbocycles. The monoisotopic (exact) mass is 252 g/mol. The Labute approximate surface area is 105 Å². The summed E-state index contributed by atoms with van der Waals surface area (Å²) in [7, 11) is 1.66. The fourth-order valence-electron chi connectivity index (χ4n) is 1.53. The summed E-state index contributed by atoms with van der Waals surface area (Å²) in [5, 5.41) is 9.95. The van der Waals surface area contributed by atoms with Gasteiger partial charge in [0.05, 0.1) is 6.61 Å². The van der Waals surface area contributed by atoms with E-state index in [1.807, 2.05) is 24.3 Å². The van der Waals surface area contributed by atoms with Crippen LogP contribution >= 0.6 is 11.6 Å². The Bertz CT molecular complexity index is 505. The highest BCUT2D eigenvalue weighted by atomic mass is 35.5. The smallest absolute Gasteiger partial charge is 0.241 e. The molecular weight excluding hydrogens is 240 g/mol. The third-order valence-corrected chi connectivity index (χ3v) is 2.62. The highest BCUT2D eigenvalue weighted by molar-refractivity contribution is 6.34. The SMILES string of the molecule is COCCCOc1nnc(Cl)c2ccccc12. The second kappa shape index (κ2) is 5.80. The second-order valence-electron chi connectivity index (χ2n) is 3.54. The van der Waals surface area contributed by atoms with E-state index in [2.05, 4.69) is 10.2 Å². The molecule has 0 aliphatic rings. The Kier molecular flexibility index (Phi) is 4.12. The summed E-state index contributed by atoms with van der Waals surface area (Å²) in [6.45, 7) is 1.22. The first-order valence-electron chi connectivity index (χ1n) is 5.35. The van der Waals surface area contributed by atoms with Crippen LogP contribution in [0.3, 0.4) is 0 Å². The van der Waals surface area contributed by atoms with Crippen molar-refractivity contribution in [2.45, 2.75) is 6.42 Å². The molecule has 1 aromatic carbocycles. The Hall–Kier alpha value is -1.39. The van der Waals surface area contributed by atoms with Crippen LogP contribution in [0.25, 0.3) is 10.8 Å². The van der Waals surface area contributed by atoms with Gasteiger partial charge in [0, 0.05) is 30.9 Å². The van der Waals surface area contributed by atoms with Crippen molar-refractivity contribution in [2.75, 3.05) is 20.3 Å². The molecule has 0 saturated carbocycles. The lowest BCUT2D eigenvalue weighted by Crippen LogP contribution is -2.03. The number of benzene rings is 1. The number of aromatic nitrogens is 2. The van der Waals surface area contributed by atoms with Gasteiger partial charge >= 0.3 is 0 Å². The zero-order valence-corrected chi connectivity index (χ0v) is 10.3. The minimum atomic E-state index is 0.393. The minimum Gasteiger partial charge on any atom is -0.476 e. The van der Waals surface area contributed by atoms with Crippen LogP contribution in [-0.4, -0.2) is 30.5 Å². The first kappa shape index (κ1) is 12.1. The largest absolute Gasteiger partial charge is 0.476 e. The third kappa shape index (κ3) is 2.84. The molecule has 0 fully saturated rings. The fraction of sp³-hybridized carbons (Fsp3) is 0.333. The minimum absolute atomic E-state index is 0.393. The number of methoxy groups -OCH3 is 1. The summed E-state index contributed by atoms with van der Waals surface area (Å²) in [6, 6.07) is 7.64. The number of rotatable bonds is 5. The molecule has 4 nitrogen and oxygen atoms in total. The summed E-state index contributed by atoms with van der Waals surface area (Å²) in [6.07, 6.45) is 0.815. The van der Waals surface area contributed by atoms with Gasteiger partial charge in [0.25, 0.3) is 0 Å². The van der Waals surface area contributed by atoms with Crippen molar-refractivity contribution in [1.29, 1.82) is 0 Å². The summed E-state index contributed by atoms with van der Waals surface area (Å²) < 4.78 is 10.5. The van der Waals surface area contributed by atoms with Crippen LogP contribution in [0.4, 0.5) is 0 Å². The fourth-order valence-corrected chi connectivity index (χ4v) is 1.73. The molecule has 0 amide bonds. The van der Waals surface area contributed by atoms with Gasteiger partial charge in [0.15, 0.2) is 5.15 Å². The van der Waals surface area contributed by atoms with Crippen LogP contribution in [0.5, 0.6) is 5.88 Å². The zero-order valence-electron chi connectivity index (χ0n) is 9.52. The lowest BCUT2D eigenvalue weighted by molar-refractivity contribution is 0.171. The van der Waals surface area contributed by atoms with E-state index in [9.17, 15) is 0 Å². The van der Waals surface area contributed by atoms with E-state index in [4.69, 9.17) is 21.1 Å².